The molecule has 1 amide bonds. The number of carbonyl (C=O) groups excluding carboxylic acids is 2. The molecule has 1 fully saturated rings. The molecule has 33 heavy (non-hydrogen) atoms. The zero-order chi connectivity index (χ0) is 23.7. The fourth-order valence-electron chi connectivity index (χ4n) is 3.78. The molecule has 3 aromatic rings. The Morgan fingerprint density at radius 2 is 1.85 bits per heavy atom. The first-order chi connectivity index (χ1) is 15.8. The van der Waals surface area contributed by atoms with Gasteiger partial charge in [-0.05, 0) is 66.2 Å². The first-order valence-electron chi connectivity index (χ1n) is 10.6. The number of ketones is 1. The number of carbonyl (C=O) groups is 2. The van der Waals surface area contributed by atoms with Gasteiger partial charge < -0.3 is 9.84 Å². The molecule has 5 nitrogen and oxygen atoms in total. The number of Topliss-reactive ketones (excluding diaryl/α,β-unsaturated/α-hetero) is 1. The topological polar surface area (TPSA) is 66.8 Å². The molecule has 0 radical (unpaired) electrons. The number of thiophene rings is 1. The van der Waals surface area contributed by atoms with Gasteiger partial charge in [-0.15, -0.1) is 11.3 Å². The minimum Gasteiger partial charge on any atom is -0.507 e. The molecule has 1 aromatic heterocycles. The van der Waals surface area contributed by atoms with Crippen molar-refractivity contribution < 1.29 is 19.4 Å². The second-order valence-electron chi connectivity index (χ2n) is 8.30. The van der Waals surface area contributed by atoms with Crippen LogP contribution in [0.2, 0.25) is 5.02 Å². The van der Waals surface area contributed by atoms with Crippen molar-refractivity contribution in [1.82, 2.24) is 0 Å². The van der Waals surface area contributed by atoms with Crippen molar-refractivity contribution in [3.05, 3.63) is 86.6 Å². The Morgan fingerprint density at radius 3 is 2.48 bits per heavy atom. The van der Waals surface area contributed by atoms with Crippen molar-refractivity contribution in [2.45, 2.75) is 26.8 Å². The van der Waals surface area contributed by atoms with Gasteiger partial charge in [0.15, 0.2) is 0 Å². The lowest BCUT2D eigenvalue weighted by Gasteiger charge is -2.26. The molecular weight excluding hydrogens is 458 g/mol. The number of rotatable bonds is 6. The van der Waals surface area contributed by atoms with Gasteiger partial charge in [0.1, 0.15) is 17.6 Å². The third-order valence-corrected chi connectivity index (χ3v) is 6.80. The molecule has 4 rings (SSSR count). The molecule has 7 heteroatoms. The minimum absolute atomic E-state index is 0.0534. The standard InChI is InChI=1S/C26H24ClNO4S/c1-15(2)14-32-18-11-9-17(10-12-18)24(29)22-23(21-8-5-13-33-21)28(26(31)25(22)30)20-7-4-6-19(27)16(20)3/h4-13,15,23,29H,14H2,1-3H3/b24-22-. The Kier molecular flexibility index (Phi) is 6.58. The van der Waals surface area contributed by atoms with Crippen LogP contribution in [0.25, 0.3) is 5.76 Å². The predicted octanol–water partition coefficient (Wildman–Crippen LogP) is 6.37. The minimum atomic E-state index is -0.751. The lowest BCUT2D eigenvalue weighted by Crippen LogP contribution is -2.29. The molecule has 1 N–H and O–H groups in total. The van der Waals surface area contributed by atoms with Crippen LogP contribution in [0.15, 0.2) is 65.6 Å². The summed E-state index contributed by atoms with van der Waals surface area (Å²) in [5.74, 6) is -0.591. The number of anilines is 1. The van der Waals surface area contributed by atoms with Gasteiger partial charge in [0.25, 0.3) is 11.7 Å². The van der Waals surface area contributed by atoms with Crippen molar-refractivity contribution in [2.24, 2.45) is 5.92 Å². The lowest BCUT2D eigenvalue weighted by molar-refractivity contribution is -0.132. The van der Waals surface area contributed by atoms with E-state index in [1.165, 1.54) is 16.2 Å². The Labute approximate surface area is 201 Å². The van der Waals surface area contributed by atoms with Crippen LogP contribution in [0.3, 0.4) is 0 Å². The molecule has 0 saturated carbocycles. The number of nitrogens with zero attached hydrogens (tertiary/aromatic N) is 1. The van der Waals surface area contributed by atoms with E-state index in [1.807, 2.05) is 17.5 Å². The summed E-state index contributed by atoms with van der Waals surface area (Å²) < 4.78 is 5.71. The molecule has 2 aromatic carbocycles. The van der Waals surface area contributed by atoms with E-state index in [4.69, 9.17) is 16.3 Å². The van der Waals surface area contributed by atoms with E-state index in [9.17, 15) is 14.7 Å². The zero-order valence-electron chi connectivity index (χ0n) is 18.5. The Hall–Kier alpha value is -3.09. The van der Waals surface area contributed by atoms with Crippen LogP contribution < -0.4 is 9.64 Å². The summed E-state index contributed by atoms with van der Waals surface area (Å²) in [5, 5.41) is 13.6. The van der Waals surface area contributed by atoms with Crippen LogP contribution in [0.4, 0.5) is 5.69 Å². The number of aliphatic hydroxyl groups excluding tert-OH is 1. The highest BCUT2D eigenvalue weighted by molar-refractivity contribution is 7.10. The molecule has 0 bridgehead atoms. The monoisotopic (exact) mass is 481 g/mol. The van der Waals surface area contributed by atoms with E-state index in [2.05, 4.69) is 13.8 Å². The molecule has 1 saturated heterocycles. The van der Waals surface area contributed by atoms with Crippen LogP contribution in [0.1, 0.15) is 35.9 Å². The van der Waals surface area contributed by atoms with Gasteiger partial charge >= 0.3 is 0 Å². The maximum absolute atomic E-state index is 13.2. The summed E-state index contributed by atoms with van der Waals surface area (Å²) in [6.07, 6.45) is 0. The molecule has 2 heterocycles. The van der Waals surface area contributed by atoms with Crippen molar-refractivity contribution in [2.75, 3.05) is 11.5 Å². The van der Waals surface area contributed by atoms with Gasteiger partial charge in [0.05, 0.1) is 12.2 Å². The fraction of sp³-hybridized carbons (Fsp3) is 0.231. The second-order valence-corrected chi connectivity index (χ2v) is 9.68. The fourth-order valence-corrected chi connectivity index (χ4v) is 4.77. The van der Waals surface area contributed by atoms with Crippen LogP contribution >= 0.6 is 22.9 Å². The summed E-state index contributed by atoms with van der Waals surface area (Å²) in [6, 6.07) is 15.1. The Balaban J connectivity index is 1.81. The largest absolute Gasteiger partial charge is 0.507 e. The van der Waals surface area contributed by atoms with E-state index in [0.717, 1.165) is 4.88 Å². The van der Waals surface area contributed by atoms with Gasteiger partial charge in [-0.25, -0.2) is 0 Å². The average molecular weight is 482 g/mol. The van der Waals surface area contributed by atoms with Crippen molar-refractivity contribution in [1.29, 1.82) is 0 Å². The highest BCUT2D eigenvalue weighted by Gasteiger charge is 2.47. The molecule has 170 valence electrons. The van der Waals surface area contributed by atoms with Gasteiger partial charge in [0.2, 0.25) is 0 Å². The lowest BCUT2D eigenvalue weighted by atomic mass is 9.99. The number of hydrogen-bond donors (Lipinski definition) is 1. The number of ether oxygens (including phenoxy) is 1. The predicted molar refractivity (Wildman–Crippen MR) is 132 cm³/mol. The maximum atomic E-state index is 13.2. The van der Waals surface area contributed by atoms with Crippen LogP contribution in [-0.2, 0) is 9.59 Å². The first-order valence-corrected chi connectivity index (χ1v) is 11.9. The smallest absolute Gasteiger partial charge is 0.300 e. The highest BCUT2D eigenvalue weighted by Crippen LogP contribution is 2.45. The normalized spacial score (nSPS) is 17.7. The van der Waals surface area contributed by atoms with E-state index in [-0.39, 0.29) is 11.3 Å². The zero-order valence-corrected chi connectivity index (χ0v) is 20.1. The molecule has 0 spiro atoms. The average Bonchev–Trinajstić information content (AvgIpc) is 3.41. The Bertz CT molecular complexity index is 1220. The molecule has 1 aliphatic heterocycles. The van der Waals surface area contributed by atoms with Gasteiger partial charge in [-0.1, -0.05) is 37.6 Å². The number of hydrogen-bond acceptors (Lipinski definition) is 5. The molecule has 1 aliphatic rings. The van der Waals surface area contributed by atoms with Crippen molar-refractivity contribution in [3.63, 3.8) is 0 Å². The quantitative estimate of drug-likeness (QED) is 0.252. The van der Waals surface area contributed by atoms with Crippen molar-refractivity contribution in [3.8, 4) is 5.75 Å². The third-order valence-electron chi connectivity index (χ3n) is 5.47. The molecule has 1 atom stereocenters. The SMILES string of the molecule is Cc1c(Cl)cccc1N1C(=O)C(=O)/C(=C(\O)c2ccc(OCC(C)C)cc2)C1c1cccs1. The number of aliphatic hydroxyl groups is 1. The van der Waals surface area contributed by atoms with Gasteiger partial charge in [0, 0.05) is 21.2 Å². The Morgan fingerprint density at radius 1 is 1.12 bits per heavy atom. The summed E-state index contributed by atoms with van der Waals surface area (Å²) >= 11 is 7.73. The van der Waals surface area contributed by atoms with Gasteiger partial charge in [-0.3, -0.25) is 14.5 Å². The number of halogens is 1. The van der Waals surface area contributed by atoms with Crippen molar-refractivity contribution >= 4 is 46.1 Å². The summed E-state index contributed by atoms with van der Waals surface area (Å²) in [7, 11) is 0. The van der Waals surface area contributed by atoms with Gasteiger partial charge in [-0.2, -0.15) is 0 Å². The number of benzene rings is 2. The van der Waals surface area contributed by atoms with E-state index >= 15 is 0 Å². The number of amides is 1. The molecule has 0 aliphatic carbocycles. The summed E-state index contributed by atoms with van der Waals surface area (Å²) in [5.41, 5.74) is 1.72. The highest BCUT2D eigenvalue weighted by atomic mass is 35.5. The van der Waals surface area contributed by atoms with E-state index < -0.39 is 17.7 Å². The van der Waals surface area contributed by atoms with Crippen LogP contribution in [-0.4, -0.2) is 23.4 Å². The summed E-state index contributed by atoms with van der Waals surface area (Å²) in [6.45, 7) is 6.50. The van der Waals surface area contributed by atoms with E-state index in [0.29, 0.717) is 40.1 Å². The molecular formula is C26H24ClNO4S. The first kappa shape index (κ1) is 23.1. The van der Waals surface area contributed by atoms with E-state index in [1.54, 1.807) is 49.4 Å². The third kappa shape index (κ3) is 4.41. The maximum Gasteiger partial charge on any atom is 0.300 e. The van der Waals surface area contributed by atoms with Crippen LogP contribution in [0.5, 0.6) is 5.75 Å². The van der Waals surface area contributed by atoms with Crippen LogP contribution in [0, 0.1) is 12.8 Å². The summed E-state index contributed by atoms with van der Waals surface area (Å²) in [4.78, 5) is 28.6. The second kappa shape index (κ2) is 9.41. The molecule has 1 unspecified atom stereocenters.